The summed E-state index contributed by atoms with van der Waals surface area (Å²) in [6.45, 7) is 7.91. The maximum Gasteiger partial charge on any atom is 0.0291 e. The lowest BCUT2D eigenvalue weighted by molar-refractivity contribution is 0.345. The van der Waals surface area contributed by atoms with E-state index in [0.29, 0.717) is 6.04 Å². The van der Waals surface area contributed by atoms with Crippen LogP contribution in [0.3, 0.4) is 0 Å². The molecular formula is C15H24N2. The number of benzene rings is 1. The molecule has 2 heteroatoms. The fourth-order valence-corrected chi connectivity index (χ4v) is 2.40. The first kappa shape index (κ1) is 12.6. The van der Waals surface area contributed by atoms with Gasteiger partial charge in [-0.1, -0.05) is 29.8 Å². The molecule has 1 aromatic rings. The molecule has 1 aliphatic rings. The van der Waals surface area contributed by atoms with E-state index in [1.807, 2.05) is 0 Å². The van der Waals surface area contributed by atoms with Gasteiger partial charge in [-0.3, -0.25) is 0 Å². The third-order valence-electron chi connectivity index (χ3n) is 3.75. The number of hydrogen-bond acceptors (Lipinski definition) is 2. The fraction of sp³-hybridized carbons (Fsp3) is 0.600. The van der Waals surface area contributed by atoms with E-state index in [4.69, 9.17) is 0 Å². The van der Waals surface area contributed by atoms with Crippen molar-refractivity contribution in [3.8, 4) is 0 Å². The lowest BCUT2D eigenvalue weighted by atomic mass is 9.97. The summed E-state index contributed by atoms with van der Waals surface area (Å²) in [5.41, 5.74) is 2.73. The Morgan fingerprint density at radius 3 is 2.53 bits per heavy atom. The van der Waals surface area contributed by atoms with Gasteiger partial charge in [0.25, 0.3) is 0 Å². The summed E-state index contributed by atoms with van der Waals surface area (Å²) in [5, 5.41) is 7.07. The van der Waals surface area contributed by atoms with Crippen molar-refractivity contribution in [1.82, 2.24) is 10.6 Å². The van der Waals surface area contributed by atoms with Crippen LogP contribution in [0, 0.1) is 12.8 Å². The Balaban J connectivity index is 1.80. The van der Waals surface area contributed by atoms with Crippen LogP contribution in [0.25, 0.3) is 0 Å². The highest BCUT2D eigenvalue weighted by Crippen LogP contribution is 2.15. The highest BCUT2D eigenvalue weighted by atomic mass is 14.9. The van der Waals surface area contributed by atoms with E-state index in [2.05, 4.69) is 48.7 Å². The van der Waals surface area contributed by atoms with Crippen molar-refractivity contribution in [3.63, 3.8) is 0 Å². The normalized spacial score (nSPS) is 19.2. The molecule has 1 saturated heterocycles. The quantitative estimate of drug-likeness (QED) is 0.834. The first-order valence-electron chi connectivity index (χ1n) is 6.76. The largest absolute Gasteiger partial charge is 0.317 e. The van der Waals surface area contributed by atoms with Crippen molar-refractivity contribution in [1.29, 1.82) is 0 Å². The molecular weight excluding hydrogens is 208 g/mol. The highest BCUT2D eigenvalue weighted by Gasteiger charge is 2.14. The molecule has 0 radical (unpaired) electrons. The van der Waals surface area contributed by atoms with Crippen molar-refractivity contribution in [2.45, 2.75) is 32.7 Å². The predicted molar refractivity (Wildman–Crippen MR) is 73.2 cm³/mol. The molecule has 17 heavy (non-hydrogen) atoms. The summed E-state index contributed by atoms with van der Waals surface area (Å²) in [5.74, 6) is 0.851. The van der Waals surface area contributed by atoms with E-state index in [-0.39, 0.29) is 0 Å². The highest BCUT2D eigenvalue weighted by molar-refractivity contribution is 5.23. The molecule has 2 rings (SSSR count). The zero-order valence-corrected chi connectivity index (χ0v) is 11.0. The van der Waals surface area contributed by atoms with Crippen LogP contribution in [0.4, 0.5) is 0 Å². The number of aryl methyl sites for hydroxylation is 1. The average molecular weight is 232 g/mol. The molecule has 1 fully saturated rings. The van der Waals surface area contributed by atoms with Crippen LogP contribution in [-0.2, 0) is 0 Å². The fourth-order valence-electron chi connectivity index (χ4n) is 2.40. The second kappa shape index (κ2) is 6.18. The van der Waals surface area contributed by atoms with Gasteiger partial charge in [0.1, 0.15) is 0 Å². The minimum absolute atomic E-state index is 0.463. The van der Waals surface area contributed by atoms with Gasteiger partial charge >= 0.3 is 0 Å². The molecule has 1 heterocycles. The summed E-state index contributed by atoms with van der Waals surface area (Å²) in [4.78, 5) is 0. The Kier molecular flexibility index (Phi) is 4.57. The van der Waals surface area contributed by atoms with E-state index >= 15 is 0 Å². The maximum absolute atomic E-state index is 3.66. The lowest BCUT2D eigenvalue weighted by Crippen LogP contribution is -2.34. The maximum atomic E-state index is 3.66. The topological polar surface area (TPSA) is 24.1 Å². The predicted octanol–water partition coefficient (Wildman–Crippen LogP) is 2.65. The number of hydrogen-bond donors (Lipinski definition) is 2. The van der Waals surface area contributed by atoms with Crippen LogP contribution < -0.4 is 10.6 Å². The minimum Gasteiger partial charge on any atom is -0.317 e. The molecule has 1 unspecified atom stereocenters. The van der Waals surface area contributed by atoms with Crippen LogP contribution in [0.1, 0.15) is 36.9 Å². The molecule has 1 aliphatic heterocycles. The van der Waals surface area contributed by atoms with Gasteiger partial charge in [0.15, 0.2) is 0 Å². The van der Waals surface area contributed by atoms with Crippen LogP contribution in [0.5, 0.6) is 0 Å². The smallest absolute Gasteiger partial charge is 0.0291 e. The van der Waals surface area contributed by atoms with Crippen molar-refractivity contribution >= 4 is 0 Å². The van der Waals surface area contributed by atoms with Gasteiger partial charge in [-0.15, -0.1) is 0 Å². The Hall–Kier alpha value is -0.860. The number of rotatable bonds is 4. The molecule has 1 atom stereocenters. The Morgan fingerprint density at radius 2 is 1.88 bits per heavy atom. The summed E-state index contributed by atoms with van der Waals surface area (Å²) >= 11 is 0. The van der Waals surface area contributed by atoms with Gasteiger partial charge in [-0.25, -0.2) is 0 Å². The zero-order valence-electron chi connectivity index (χ0n) is 11.0. The summed E-state index contributed by atoms with van der Waals surface area (Å²) in [6.07, 6.45) is 2.63. The molecule has 0 spiro atoms. The first-order valence-corrected chi connectivity index (χ1v) is 6.76. The van der Waals surface area contributed by atoms with Gasteiger partial charge in [0.05, 0.1) is 0 Å². The van der Waals surface area contributed by atoms with Crippen LogP contribution in [0.2, 0.25) is 0 Å². The lowest BCUT2D eigenvalue weighted by Gasteiger charge is -2.25. The SMILES string of the molecule is Cc1ccc(C(C)NCC2CCNCC2)cc1. The van der Waals surface area contributed by atoms with Gasteiger partial charge in [-0.05, 0) is 57.8 Å². The zero-order chi connectivity index (χ0) is 12.1. The molecule has 1 aromatic carbocycles. The third kappa shape index (κ3) is 3.83. The summed E-state index contributed by atoms with van der Waals surface area (Å²) < 4.78 is 0. The van der Waals surface area contributed by atoms with Crippen molar-refractivity contribution in [2.75, 3.05) is 19.6 Å². The Labute approximate surface area is 105 Å². The third-order valence-corrected chi connectivity index (χ3v) is 3.75. The monoisotopic (exact) mass is 232 g/mol. The molecule has 2 nitrogen and oxygen atoms in total. The van der Waals surface area contributed by atoms with Crippen LogP contribution in [-0.4, -0.2) is 19.6 Å². The second-order valence-corrected chi connectivity index (χ2v) is 5.23. The minimum atomic E-state index is 0.463. The van der Waals surface area contributed by atoms with Gasteiger partial charge in [-0.2, -0.15) is 0 Å². The molecule has 0 saturated carbocycles. The first-order chi connectivity index (χ1) is 8.25. The summed E-state index contributed by atoms with van der Waals surface area (Å²) in [6, 6.07) is 9.31. The number of nitrogens with one attached hydrogen (secondary N) is 2. The molecule has 94 valence electrons. The second-order valence-electron chi connectivity index (χ2n) is 5.23. The van der Waals surface area contributed by atoms with Crippen LogP contribution >= 0.6 is 0 Å². The average Bonchev–Trinajstić information content (AvgIpc) is 2.38. The summed E-state index contributed by atoms with van der Waals surface area (Å²) in [7, 11) is 0. The van der Waals surface area contributed by atoms with E-state index in [1.54, 1.807) is 0 Å². The molecule has 0 aliphatic carbocycles. The Morgan fingerprint density at radius 1 is 1.24 bits per heavy atom. The van der Waals surface area contributed by atoms with E-state index in [1.165, 1.54) is 37.1 Å². The molecule has 0 aromatic heterocycles. The van der Waals surface area contributed by atoms with E-state index in [0.717, 1.165) is 12.5 Å². The molecule has 2 N–H and O–H groups in total. The van der Waals surface area contributed by atoms with Crippen LogP contribution in [0.15, 0.2) is 24.3 Å². The van der Waals surface area contributed by atoms with Gasteiger partial charge < -0.3 is 10.6 Å². The van der Waals surface area contributed by atoms with E-state index in [9.17, 15) is 0 Å². The standard InChI is InChI=1S/C15H24N2/c1-12-3-5-15(6-4-12)13(2)17-11-14-7-9-16-10-8-14/h3-6,13-14,16-17H,7-11H2,1-2H3. The Bertz CT molecular complexity index is 325. The van der Waals surface area contributed by atoms with E-state index < -0.39 is 0 Å². The van der Waals surface area contributed by atoms with Crippen molar-refractivity contribution in [2.24, 2.45) is 5.92 Å². The van der Waals surface area contributed by atoms with Crippen molar-refractivity contribution < 1.29 is 0 Å². The molecule has 0 bridgehead atoms. The number of piperidine rings is 1. The van der Waals surface area contributed by atoms with Crippen molar-refractivity contribution in [3.05, 3.63) is 35.4 Å². The van der Waals surface area contributed by atoms with Gasteiger partial charge in [0.2, 0.25) is 0 Å². The van der Waals surface area contributed by atoms with Gasteiger partial charge in [0, 0.05) is 6.04 Å². The molecule has 0 amide bonds.